The number of carbonyl (C=O) groups is 4. The fourth-order valence-electron chi connectivity index (χ4n) is 4.06. The van der Waals surface area contributed by atoms with Crippen molar-refractivity contribution in [2.45, 2.75) is 63.7 Å². The van der Waals surface area contributed by atoms with Crippen molar-refractivity contribution in [3.63, 3.8) is 0 Å². The number of benzene rings is 1. The van der Waals surface area contributed by atoms with Gasteiger partial charge in [-0.15, -0.1) is 0 Å². The highest BCUT2D eigenvalue weighted by atomic mass is 32.1. The van der Waals surface area contributed by atoms with Gasteiger partial charge in [0.1, 0.15) is 18.1 Å². The minimum Gasteiger partial charge on any atom is -0.480 e. The maximum absolute atomic E-state index is 13.6. The number of H-pyrrole nitrogens is 1. The molecule has 1 heterocycles. The lowest BCUT2D eigenvalue weighted by Gasteiger charge is -2.28. The zero-order valence-corrected chi connectivity index (χ0v) is 23.6. The highest BCUT2D eigenvalue weighted by molar-refractivity contribution is 7.80. The highest BCUT2D eigenvalue weighted by Gasteiger charge is 2.33. The third-order valence-electron chi connectivity index (χ3n) is 6.63. The Morgan fingerprint density at radius 2 is 1.73 bits per heavy atom. The second-order valence-electron chi connectivity index (χ2n) is 9.63. The van der Waals surface area contributed by atoms with Gasteiger partial charge in [-0.1, -0.05) is 38.5 Å². The van der Waals surface area contributed by atoms with Crippen LogP contribution >= 0.6 is 12.6 Å². The number of aromatic nitrogens is 1. The van der Waals surface area contributed by atoms with Gasteiger partial charge in [0.25, 0.3) is 0 Å². The van der Waals surface area contributed by atoms with Crippen LogP contribution in [0.5, 0.6) is 0 Å². The summed E-state index contributed by atoms with van der Waals surface area (Å²) in [6.45, 7) is 3.91. The summed E-state index contributed by atoms with van der Waals surface area (Å²) in [7, 11) is 0. The van der Waals surface area contributed by atoms with Crippen molar-refractivity contribution in [3.05, 3.63) is 36.0 Å². The van der Waals surface area contributed by atoms with E-state index in [4.69, 9.17) is 17.2 Å². The molecule has 0 saturated heterocycles. The Morgan fingerprint density at radius 1 is 1.05 bits per heavy atom. The van der Waals surface area contributed by atoms with Crippen LogP contribution < -0.4 is 33.2 Å². The zero-order valence-electron chi connectivity index (χ0n) is 22.7. The number of thiol groups is 1. The molecule has 40 heavy (non-hydrogen) atoms. The van der Waals surface area contributed by atoms with Crippen LogP contribution in [0.4, 0.5) is 0 Å². The van der Waals surface area contributed by atoms with E-state index in [0.29, 0.717) is 19.4 Å². The molecule has 14 heteroatoms. The summed E-state index contributed by atoms with van der Waals surface area (Å²) in [5.41, 5.74) is 18.4. The number of carboxylic acid groups (broad SMARTS) is 1. The van der Waals surface area contributed by atoms with Crippen molar-refractivity contribution >= 4 is 53.2 Å². The summed E-state index contributed by atoms with van der Waals surface area (Å²) < 4.78 is 0. The number of rotatable bonds is 16. The van der Waals surface area contributed by atoms with E-state index in [0.717, 1.165) is 16.5 Å². The number of hydrogen-bond donors (Lipinski definition) is 9. The minimum atomic E-state index is -1.24. The summed E-state index contributed by atoms with van der Waals surface area (Å²) in [4.78, 5) is 58.0. The number of fused-ring (bicyclic) bond motifs is 1. The fourth-order valence-corrected chi connectivity index (χ4v) is 4.31. The number of carboxylic acids is 1. The van der Waals surface area contributed by atoms with Crippen LogP contribution in [0.2, 0.25) is 0 Å². The quantitative estimate of drug-likeness (QED) is 0.0551. The monoisotopic (exact) mass is 576 g/mol. The molecule has 220 valence electrons. The summed E-state index contributed by atoms with van der Waals surface area (Å²) >= 11 is 3.99. The lowest BCUT2D eigenvalue weighted by Crippen LogP contribution is -2.59. The molecule has 0 aliphatic carbocycles. The molecule has 0 bridgehead atoms. The third-order valence-corrected chi connectivity index (χ3v) is 6.99. The summed E-state index contributed by atoms with van der Waals surface area (Å²) in [6, 6.07) is 3.26. The molecule has 1 aromatic carbocycles. The predicted octanol–water partition coefficient (Wildman–Crippen LogP) is -0.394. The molecule has 5 unspecified atom stereocenters. The zero-order chi connectivity index (χ0) is 29.8. The van der Waals surface area contributed by atoms with Crippen LogP contribution in [0, 0.1) is 5.92 Å². The molecular formula is C26H40N8O5S. The van der Waals surface area contributed by atoms with Crippen molar-refractivity contribution in [1.29, 1.82) is 0 Å². The van der Waals surface area contributed by atoms with Crippen LogP contribution in [-0.4, -0.2) is 76.2 Å². The van der Waals surface area contributed by atoms with E-state index in [-0.39, 0.29) is 30.5 Å². The number of hydrogen-bond acceptors (Lipinski definition) is 7. The number of nitrogens with one attached hydrogen (secondary N) is 4. The standard InChI is InChI=1S/C26H40N8O5S/c1-3-14(2)21(24(37)33-20(13-40)25(38)39)34-23(36)19(11-15-12-31-18-9-5-4-7-16(15)18)32-22(35)17(27)8-6-10-30-26(28)29/h4-5,7,9,12,14,17,19-21,31,40H,3,6,8,10-11,13,27H2,1-2H3,(H,32,35)(H,33,37)(H,34,36)(H,38,39)(H4,28,29,30). The van der Waals surface area contributed by atoms with Crippen molar-refractivity contribution in [2.75, 3.05) is 12.3 Å². The van der Waals surface area contributed by atoms with Crippen LogP contribution in [0.3, 0.4) is 0 Å². The smallest absolute Gasteiger partial charge is 0.327 e. The number of aromatic amines is 1. The van der Waals surface area contributed by atoms with Crippen LogP contribution in [-0.2, 0) is 25.6 Å². The molecule has 11 N–H and O–H groups in total. The van der Waals surface area contributed by atoms with Crippen LogP contribution in [0.25, 0.3) is 10.9 Å². The molecule has 2 aromatic rings. The van der Waals surface area contributed by atoms with Crippen molar-refractivity contribution < 1.29 is 24.3 Å². The first kappa shape index (κ1) is 32.4. The third kappa shape index (κ3) is 9.45. The first-order valence-electron chi connectivity index (χ1n) is 13.1. The topological polar surface area (TPSA) is 231 Å². The van der Waals surface area contributed by atoms with E-state index in [1.165, 1.54) is 0 Å². The number of aliphatic carboxylic acids is 1. The van der Waals surface area contributed by atoms with E-state index in [9.17, 15) is 24.3 Å². The van der Waals surface area contributed by atoms with Gasteiger partial charge in [0.2, 0.25) is 17.7 Å². The Bertz CT molecular complexity index is 1200. The van der Waals surface area contributed by atoms with Crippen LogP contribution in [0.1, 0.15) is 38.7 Å². The van der Waals surface area contributed by atoms with Crippen molar-refractivity contribution in [1.82, 2.24) is 20.9 Å². The van der Waals surface area contributed by atoms with Crippen LogP contribution in [0.15, 0.2) is 35.5 Å². The second-order valence-corrected chi connectivity index (χ2v) is 10.00. The van der Waals surface area contributed by atoms with E-state index < -0.39 is 47.9 Å². The fraction of sp³-hybridized carbons (Fsp3) is 0.500. The largest absolute Gasteiger partial charge is 0.480 e. The van der Waals surface area contributed by atoms with Gasteiger partial charge < -0.3 is 43.2 Å². The molecule has 0 aliphatic heterocycles. The molecule has 0 saturated carbocycles. The average Bonchev–Trinajstić information content (AvgIpc) is 3.33. The van der Waals surface area contributed by atoms with Gasteiger partial charge in [0.05, 0.1) is 6.04 Å². The predicted molar refractivity (Wildman–Crippen MR) is 157 cm³/mol. The molecule has 0 spiro atoms. The van der Waals surface area contributed by atoms with E-state index >= 15 is 0 Å². The molecule has 1 aromatic heterocycles. The average molecular weight is 577 g/mol. The number of nitrogens with zero attached hydrogens (tertiary/aromatic N) is 1. The molecule has 3 amide bonds. The Balaban J connectivity index is 2.27. The van der Waals surface area contributed by atoms with Gasteiger partial charge in [-0.05, 0) is 30.4 Å². The van der Waals surface area contributed by atoms with Gasteiger partial charge in [-0.2, -0.15) is 12.6 Å². The molecule has 2 rings (SSSR count). The molecule has 0 aliphatic rings. The summed E-state index contributed by atoms with van der Waals surface area (Å²) in [6.07, 6.45) is 3.14. The highest BCUT2D eigenvalue weighted by Crippen LogP contribution is 2.20. The van der Waals surface area contributed by atoms with Crippen molar-refractivity contribution in [2.24, 2.45) is 28.1 Å². The van der Waals surface area contributed by atoms with Gasteiger partial charge in [0.15, 0.2) is 5.96 Å². The maximum Gasteiger partial charge on any atom is 0.327 e. The molecule has 0 fully saturated rings. The Kier molecular flexibility index (Phi) is 12.7. The van der Waals surface area contributed by atoms with E-state index in [1.807, 2.05) is 31.2 Å². The number of carbonyl (C=O) groups excluding carboxylic acids is 3. The summed E-state index contributed by atoms with van der Waals surface area (Å²) in [5.74, 6) is -3.56. The first-order chi connectivity index (χ1) is 19.0. The first-order valence-corrected chi connectivity index (χ1v) is 13.7. The van der Waals surface area contributed by atoms with E-state index in [1.54, 1.807) is 13.1 Å². The molecular weight excluding hydrogens is 536 g/mol. The molecule has 13 nitrogen and oxygen atoms in total. The number of guanidine groups is 1. The second kappa shape index (κ2) is 15.7. The number of nitrogens with two attached hydrogens (primary N) is 3. The normalized spacial score (nSPS) is 14.8. The van der Waals surface area contributed by atoms with Gasteiger partial charge in [0, 0.05) is 35.8 Å². The van der Waals surface area contributed by atoms with Gasteiger partial charge >= 0.3 is 5.97 Å². The van der Waals surface area contributed by atoms with Crippen molar-refractivity contribution in [3.8, 4) is 0 Å². The lowest BCUT2D eigenvalue weighted by atomic mass is 9.96. The Hall–Kier alpha value is -3.78. The number of amides is 3. The minimum absolute atomic E-state index is 0.0579. The Labute approximate surface area is 238 Å². The number of para-hydroxylation sites is 1. The number of aliphatic imine (C=N–C) groups is 1. The lowest BCUT2D eigenvalue weighted by molar-refractivity contribution is -0.142. The molecule has 5 atom stereocenters. The van der Waals surface area contributed by atoms with E-state index in [2.05, 4.69) is 38.6 Å². The Morgan fingerprint density at radius 3 is 2.35 bits per heavy atom. The maximum atomic E-state index is 13.6. The summed E-state index contributed by atoms with van der Waals surface area (Å²) in [5, 5.41) is 18.1. The van der Waals surface area contributed by atoms with Gasteiger partial charge in [-0.3, -0.25) is 19.4 Å². The molecule has 0 radical (unpaired) electrons. The SMILES string of the molecule is CCC(C)C(NC(=O)C(Cc1c[nH]c2ccccc12)NC(=O)C(N)CCCN=C(N)N)C(=O)NC(CS)C(=O)O. The van der Waals surface area contributed by atoms with Gasteiger partial charge in [-0.25, -0.2) is 4.79 Å².